The van der Waals surface area contributed by atoms with Gasteiger partial charge in [-0.25, -0.2) is 14.3 Å². The zero-order valence-electron chi connectivity index (χ0n) is 19.0. The standard InChI is InChI=1S/C26H26N4O3/c1-16-17(2)24(33-25(31)32-3)29-30-22(19-8-5-4-6-9-19)21(28-23(16)30)18-10-12-20(13-11-18)26(27)14-7-15-26/h4-6,8-13H,7,14-15,27H2,1-3H3. The number of carbonyl (C=O) groups is 1. The van der Waals surface area contributed by atoms with Crippen molar-refractivity contribution in [2.24, 2.45) is 5.73 Å². The molecule has 0 radical (unpaired) electrons. The van der Waals surface area contributed by atoms with Crippen LogP contribution in [0.2, 0.25) is 0 Å². The summed E-state index contributed by atoms with van der Waals surface area (Å²) in [6, 6.07) is 18.3. The fourth-order valence-corrected chi connectivity index (χ4v) is 4.33. The minimum atomic E-state index is -0.812. The highest BCUT2D eigenvalue weighted by molar-refractivity contribution is 5.83. The molecule has 5 rings (SSSR count). The Hall–Kier alpha value is -3.71. The maximum atomic E-state index is 11.8. The van der Waals surface area contributed by atoms with Crippen LogP contribution >= 0.6 is 0 Å². The van der Waals surface area contributed by atoms with Crippen molar-refractivity contribution in [3.63, 3.8) is 0 Å². The maximum Gasteiger partial charge on any atom is 0.514 e. The number of rotatable bonds is 4. The molecule has 0 atom stereocenters. The monoisotopic (exact) mass is 442 g/mol. The Balaban J connectivity index is 1.71. The van der Waals surface area contributed by atoms with Gasteiger partial charge < -0.3 is 15.2 Å². The lowest BCUT2D eigenvalue weighted by molar-refractivity contribution is 0.119. The number of aromatic nitrogens is 3. The van der Waals surface area contributed by atoms with Crippen LogP contribution in [0.1, 0.15) is 36.0 Å². The maximum absolute atomic E-state index is 11.8. The molecule has 2 aromatic carbocycles. The van der Waals surface area contributed by atoms with E-state index in [9.17, 15) is 4.79 Å². The third kappa shape index (κ3) is 3.54. The van der Waals surface area contributed by atoms with E-state index >= 15 is 0 Å². The zero-order chi connectivity index (χ0) is 23.2. The Morgan fingerprint density at radius 2 is 1.70 bits per heavy atom. The van der Waals surface area contributed by atoms with E-state index in [1.165, 1.54) is 13.5 Å². The predicted molar refractivity (Wildman–Crippen MR) is 126 cm³/mol. The SMILES string of the molecule is COC(=O)Oc1nn2c(-c3ccccc3)c(-c3ccc(C4(N)CCC4)cc3)nc2c(C)c1C. The highest BCUT2D eigenvalue weighted by atomic mass is 16.7. The fraction of sp³-hybridized carbons (Fsp3) is 0.269. The second kappa shape index (κ2) is 8.01. The predicted octanol–water partition coefficient (Wildman–Crippen LogP) is 5.16. The molecule has 0 unspecified atom stereocenters. The summed E-state index contributed by atoms with van der Waals surface area (Å²) in [4.78, 5) is 16.8. The number of hydrogen-bond acceptors (Lipinski definition) is 6. The van der Waals surface area contributed by atoms with Crippen LogP contribution < -0.4 is 10.5 Å². The van der Waals surface area contributed by atoms with E-state index in [0.29, 0.717) is 5.65 Å². The summed E-state index contributed by atoms with van der Waals surface area (Å²) in [5.41, 5.74) is 13.3. The molecule has 7 nitrogen and oxygen atoms in total. The van der Waals surface area contributed by atoms with E-state index in [4.69, 9.17) is 15.5 Å². The van der Waals surface area contributed by atoms with E-state index < -0.39 is 6.16 Å². The molecule has 1 aliphatic carbocycles. The average Bonchev–Trinajstić information content (AvgIpc) is 3.21. The number of benzene rings is 2. The zero-order valence-corrected chi connectivity index (χ0v) is 19.0. The van der Waals surface area contributed by atoms with E-state index in [-0.39, 0.29) is 11.4 Å². The number of methoxy groups -OCH3 is 1. The molecule has 33 heavy (non-hydrogen) atoms. The van der Waals surface area contributed by atoms with Gasteiger partial charge in [0.2, 0.25) is 5.88 Å². The molecule has 4 aromatic rings. The molecule has 1 aliphatic rings. The fourth-order valence-electron chi connectivity index (χ4n) is 4.33. The van der Waals surface area contributed by atoms with Crippen LogP contribution in [-0.2, 0) is 10.3 Å². The van der Waals surface area contributed by atoms with Crippen LogP contribution in [0.4, 0.5) is 4.79 Å². The van der Waals surface area contributed by atoms with Gasteiger partial charge >= 0.3 is 6.16 Å². The molecule has 1 saturated carbocycles. The average molecular weight is 443 g/mol. The van der Waals surface area contributed by atoms with Crippen LogP contribution in [0, 0.1) is 13.8 Å². The van der Waals surface area contributed by atoms with Crippen LogP contribution in [0.25, 0.3) is 28.2 Å². The molecule has 0 aliphatic heterocycles. The normalized spacial score (nSPS) is 14.7. The van der Waals surface area contributed by atoms with Crippen molar-refractivity contribution in [1.29, 1.82) is 0 Å². The molecule has 0 bridgehead atoms. The summed E-state index contributed by atoms with van der Waals surface area (Å²) in [5.74, 6) is 0.193. The first-order valence-corrected chi connectivity index (χ1v) is 11.0. The number of hydrogen-bond donors (Lipinski definition) is 1. The highest BCUT2D eigenvalue weighted by Crippen LogP contribution is 2.40. The van der Waals surface area contributed by atoms with Crippen LogP contribution in [-0.4, -0.2) is 27.9 Å². The first-order valence-electron chi connectivity index (χ1n) is 11.0. The van der Waals surface area contributed by atoms with Crippen LogP contribution in [0.3, 0.4) is 0 Å². The van der Waals surface area contributed by atoms with Gasteiger partial charge in [-0.3, -0.25) is 0 Å². The third-order valence-electron chi connectivity index (χ3n) is 6.64. The van der Waals surface area contributed by atoms with Crippen molar-refractivity contribution < 1.29 is 14.3 Å². The molecule has 1 fully saturated rings. The molecule has 0 spiro atoms. The summed E-state index contributed by atoms with van der Waals surface area (Å²) < 4.78 is 11.7. The van der Waals surface area contributed by atoms with Crippen molar-refractivity contribution >= 4 is 11.8 Å². The lowest BCUT2D eigenvalue weighted by Crippen LogP contribution is -2.43. The van der Waals surface area contributed by atoms with Crippen molar-refractivity contribution in [2.75, 3.05) is 7.11 Å². The van der Waals surface area contributed by atoms with Gasteiger partial charge in [-0.2, -0.15) is 0 Å². The summed E-state index contributed by atoms with van der Waals surface area (Å²) in [5, 5.41) is 4.64. The van der Waals surface area contributed by atoms with Gasteiger partial charge in [0, 0.05) is 27.8 Å². The Morgan fingerprint density at radius 3 is 2.30 bits per heavy atom. The molecule has 2 N–H and O–H groups in total. The topological polar surface area (TPSA) is 91.7 Å². The van der Waals surface area contributed by atoms with E-state index in [2.05, 4.69) is 34.1 Å². The number of ether oxygens (including phenoxy) is 2. The number of carbonyl (C=O) groups excluding carboxylic acids is 1. The largest absolute Gasteiger partial charge is 0.514 e. The molecule has 2 heterocycles. The molecular weight excluding hydrogens is 416 g/mol. The quantitative estimate of drug-likeness (QED) is 0.439. The lowest BCUT2D eigenvalue weighted by atomic mass is 9.72. The van der Waals surface area contributed by atoms with Gasteiger partial charge in [-0.1, -0.05) is 54.6 Å². The smallest absolute Gasteiger partial charge is 0.437 e. The summed E-state index contributed by atoms with van der Waals surface area (Å²) in [7, 11) is 1.27. The Labute approximate surface area is 192 Å². The van der Waals surface area contributed by atoms with Gasteiger partial charge in [0.15, 0.2) is 5.65 Å². The van der Waals surface area contributed by atoms with Gasteiger partial charge in [-0.05, 0) is 38.7 Å². The molecule has 0 saturated heterocycles. The van der Waals surface area contributed by atoms with E-state index in [0.717, 1.165) is 52.0 Å². The van der Waals surface area contributed by atoms with Crippen LogP contribution in [0.5, 0.6) is 5.88 Å². The summed E-state index contributed by atoms with van der Waals surface area (Å²) in [6.45, 7) is 3.80. The molecule has 168 valence electrons. The molecule has 2 aromatic heterocycles. The minimum Gasteiger partial charge on any atom is -0.437 e. The van der Waals surface area contributed by atoms with Crippen molar-refractivity contribution in [3.8, 4) is 28.4 Å². The Morgan fingerprint density at radius 1 is 1.00 bits per heavy atom. The molecule has 7 heteroatoms. The minimum absolute atomic E-state index is 0.193. The van der Waals surface area contributed by atoms with Gasteiger partial charge in [0.25, 0.3) is 0 Å². The second-order valence-corrected chi connectivity index (χ2v) is 8.61. The van der Waals surface area contributed by atoms with Crippen LogP contribution in [0.15, 0.2) is 54.6 Å². The molecule has 0 amide bonds. The van der Waals surface area contributed by atoms with Gasteiger partial charge in [-0.15, -0.1) is 5.10 Å². The number of imidazole rings is 1. The van der Waals surface area contributed by atoms with E-state index in [1.807, 2.05) is 44.2 Å². The van der Waals surface area contributed by atoms with Crippen molar-refractivity contribution in [2.45, 2.75) is 38.6 Å². The first-order chi connectivity index (χ1) is 15.9. The number of fused-ring (bicyclic) bond motifs is 1. The number of nitrogens with zero attached hydrogens (tertiary/aromatic N) is 3. The van der Waals surface area contributed by atoms with Gasteiger partial charge in [0.1, 0.15) is 5.69 Å². The second-order valence-electron chi connectivity index (χ2n) is 8.61. The third-order valence-corrected chi connectivity index (χ3v) is 6.64. The highest BCUT2D eigenvalue weighted by Gasteiger charge is 2.34. The summed E-state index contributed by atoms with van der Waals surface area (Å²) >= 11 is 0. The van der Waals surface area contributed by atoms with E-state index in [1.54, 1.807) is 4.52 Å². The summed E-state index contributed by atoms with van der Waals surface area (Å²) in [6.07, 6.45) is 2.39. The van der Waals surface area contributed by atoms with Crippen molar-refractivity contribution in [3.05, 3.63) is 71.3 Å². The molecular formula is C26H26N4O3. The first kappa shape index (κ1) is 21.2. The number of nitrogens with two attached hydrogens (primary N) is 1. The lowest BCUT2D eigenvalue weighted by Gasteiger charge is -2.38. The Bertz CT molecular complexity index is 1340. The number of aryl methyl sites for hydroxylation is 1. The van der Waals surface area contributed by atoms with Crippen molar-refractivity contribution in [1.82, 2.24) is 14.6 Å². The Kier molecular flexibility index (Phi) is 5.13. The van der Waals surface area contributed by atoms with Gasteiger partial charge in [0.05, 0.1) is 12.8 Å².